The van der Waals surface area contributed by atoms with Crippen molar-refractivity contribution in [3.05, 3.63) is 35.3 Å². The van der Waals surface area contributed by atoms with E-state index in [-0.39, 0.29) is 0 Å². The SMILES string of the molecule is NCc1ccc(OCCCSc2nncs2)cc1. The molecule has 2 aromatic rings. The van der Waals surface area contributed by atoms with Crippen LogP contribution >= 0.6 is 23.1 Å². The summed E-state index contributed by atoms with van der Waals surface area (Å²) < 4.78 is 6.65. The minimum absolute atomic E-state index is 0.568. The third-order valence-corrected chi connectivity index (χ3v) is 4.23. The molecule has 0 amide bonds. The monoisotopic (exact) mass is 281 g/mol. The lowest BCUT2D eigenvalue weighted by Crippen LogP contribution is -2.00. The number of nitrogens with zero attached hydrogens (tertiary/aromatic N) is 2. The molecule has 0 spiro atoms. The fourth-order valence-corrected chi connectivity index (χ4v) is 2.83. The van der Waals surface area contributed by atoms with Crippen molar-refractivity contribution in [1.29, 1.82) is 0 Å². The zero-order valence-corrected chi connectivity index (χ0v) is 11.5. The van der Waals surface area contributed by atoms with Crippen LogP contribution < -0.4 is 10.5 Å². The summed E-state index contributed by atoms with van der Waals surface area (Å²) in [6, 6.07) is 7.90. The van der Waals surface area contributed by atoms with E-state index in [0.29, 0.717) is 13.2 Å². The molecule has 4 nitrogen and oxygen atoms in total. The fraction of sp³-hybridized carbons (Fsp3) is 0.333. The summed E-state index contributed by atoms with van der Waals surface area (Å²) in [7, 11) is 0. The molecule has 0 saturated carbocycles. The maximum absolute atomic E-state index is 5.64. The molecule has 0 radical (unpaired) electrons. The molecule has 0 atom stereocenters. The molecule has 0 saturated heterocycles. The van der Waals surface area contributed by atoms with Gasteiger partial charge in [-0.25, -0.2) is 0 Å². The van der Waals surface area contributed by atoms with Gasteiger partial charge in [-0.15, -0.1) is 10.2 Å². The lowest BCUT2D eigenvalue weighted by molar-refractivity contribution is 0.318. The van der Waals surface area contributed by atoms with Gasteiger partial charge in [0.2, 0.25) is 0 Å². The van der Waals surface area contributed by atoms with Gasteiger partial charge < -0.3 is 10.5 Å². The van der Waals surface area contributed by atoms with Crippen molar-refractivity contribution in [3.8, 4) is 5.75 Å². The zero-order chi connectivity index (χ0) is 12.6. The van der Waals surface area contributed by atoms with E-state index >= 15 is 0 Å². The Balaban J connectivity index is 1.62. The molecule has 2 rings (SSSR count). The van der Waals surface area contributed by atoms with Gasteiger partial charge in [0.05, 0.1) is 6.61 Å². The predicted octanol–water partition coefficient (Wildman–Crippen LogP) is 2.56. The average Bonchev–Trinajstić information content (AvgIpc) is 2.92. The first kappa shape index (κ1) is 13.3. The van der Waals surface area contributed by atoms with Gasteiger partial charge in [-0.05, 0) is 24.1 Å². The number of hydrogen-bond acceptors (Lipinski definition) is 6. The van der Waals surface area contributed by atoms with E-state index in [1.807, 2.05) is 24.3 Å². The number of nitrogens with two attached hydrogens (primary N) is 1. The van der Waals surface area contributed by atoms with E-state index in [0.717, 1.165) is 27.8 Å². The van der Waals surface area contributed by atoms with E-state index in [2.05, 4.69) is 10.2 Å². The summed E-state index contributed by atoms with van der Waals surface area (Å²) in [5.41, 5.74) is 8.40. The Bertz CT molecular complexity index is 445. The van der Waals surface area contributed by atoms with E-state index in [4.69, 9.17) is 10.5 Å². The van der Waals surface area contributed by atoms with Gasteiger partial charge in [0, 0.05) is 12.3 Å². The third-order valence-electron chi connectivity index (χ3n) is 2.28. The Kier molecular flexibility index (Phi) is 5.44. The number of hydrogen-bond donors (Lipinski definition) is 1. The van der Waals surface area contributed by atoms with Crippen molar-refractivity contribution in [3.63, 3.8) is 0 Å². The smallest absolute Gasteiger partial charge is 0.174 e. The van der Waals surface area contributed by atoms with Crippen LogP contribution in [-0.4, -0.2) is 22.6 Å². The maximum atomic E-state index is 5.64. The van der Waals surface area contributed by atoms with Crippen molar-refractivity contribution in [2.45, 2.75) is 17.3 Å². The Hall–Kier alpha value is -1.11. The molecule has 18 heavy (non-hydrogen) atoms. The largest absolute Gasteiger partial charge is 0.494 e. The lowest BCUT2D eigenvalue weighted by atomic mass is 10.2. The quantitative estimate of drug-likeness (QED) is 0.624. The highest BCUT2D eigenvalue weighted by atomic mass is 32.2. The first-order chi connectivity index (χ1) is 8.88. The predicted molar refractivity (Wildman–Crippen MR) is 75.1 cm³/mol. The lowest BCUT2D eigenvalue weighted by Gasteiger charge is -2.06. The normalized spacial score (nSPS) is 10.5. The van der Waals surface area contributed by atoms with Crippen LogP contribution in [0.15, 0.2) is 34.1 Å². The third kappa shape index (κ3) is 4.29. The average molecular weight is 281 g/mol. The number of ether oxygens (including phenoxy) is 1. The molecule has 0 aliphatic rings. The molecule has 1 aromatic heterocycles. The van der Waals surface area contributed by atoms with Crippen LogP contribution in [0.4, 0.5) is 0 Å². The first-order valence-electron chi connectivity index (χ1n) is 5.69. The molecule has 0 unspecified atom stereocenters. The van der Waals surface area contributed by atoms with Crippen LogP contribution in [0.3, 0.4) is 0 Å². The molecule has 6 heteroatoms. The number of benzene rings is 1. The standard InChI is InChI=1S/C12H15N3OS2/c13-8-10-2-4-11(5-3-10)16-6-1-7-17-12-15-14-9-18-12/h2-5,9H,1,6-8,13H2. The van der Waals surface area contributed by atoms with E-state index in [1.165, 1.54) is 0 Å². The maximum Gasteiger partial charge on any atom is 0.174 e. The van der Waals surface area contributed by atoms with Crippen LogP contribution in [0.5, 0.6) is 5.75 Å². The van der Waals surface area contributed by atoms with Crippen LogP contribution in [0.1, 0.15) is 12.0 Å². The highest BCUT2D eigenvalue weighted by Crippen LogP contribution is 2.19. The van der Waals surface area contributed by atoms with Gasteiger partial charge in [-0.2, -0.15) is 0 Å². The second-order valence-corrected chi connectivity index (χ2v) is 5.78. The van der Waals surface area contributed by atoms with Crippen molar-refractivity contribution < 1.29 is 4.74 Å². The van der Waals surface area contributed by atoms with Crippen LogP contribution in [0, 0.1) is 0 Å². The number of rotatable bonds is 7. The molecular weight excluding hydrogens is 266 g/mol. The second kappa shape index (κ2) is 7.35. The van der Waals surface area contributed by atoms with Gasteiger partial charge in [0.1, 0.15) is 11.3 Å². The van der Waals surface area contributed by atoms with Crippen LogP contribution in [0.2, 0.25) is 0 Å². The van der Waals surface area contributed by atoms with Crippen molar-refractivity contribution in [2.24, 2.45) is 5.73 Å². The molecule has 96 valence electrons. The summed E-state index contributed by atoms with van der Waals surface area (Å²) in [5, 5.41) is 7.76. The highest BCUT2D eigenvalue weighted by Gasteiger charge is 1.98. The Labute approximate surface area is 115 Å². The summed E-state index contributed by atoms with van der Waals surface area (Å²) >= 11 is 3.29. The molecule has 0 aliphatic heterocycles. The van der Waals surface area contributed by atoms with Crippen LogP contribution in [0.25, 0.3) is 0 Å². The second-order valence-electron chi connectivity index (χ2n) is 3.60. The van der Waals surface area contributed by atoms with Gasteiger partial charge in [-0.1, -0.05) is 35.2 Å². The van der Waals surface area contributed by atoms with Crippen molar-refractivity contribution in [1.82, 2.24) is 10.2 Å². The summed E-state index contributed by atoms with van der Waals surface area (Å²) in [5.74, 6) is 1.89. The molecule has 2 N–H and O–H groups in total. The molecule has 0 fully saturated rings. The Morgan fingerprint density at radius 3 is 2.78 bits per heavy atom. The van der Waals surface area contributed by atoms with Crippen LogP contribution in [-0.2, 0) is 6.54 Å². The first-order valence-corrected chi connectivity index (χ1v) is 7.56. The summed E-state index contributed by atoms with van der Waals surface area (Å²) in [6.45, 7) is 1.28. The number of thioether (sulfide) groups is 1. The Morgan fingerprint density at radius 2 is 2.11 bits per heavy atom. The highest BCUT2D eigenvalue weighted by molar-refractivity contribution is 8.00. The van der Waals surface area contributed by atoms with Gasteiger partial charge in [0.25, 0.3) is 0 Å². The molecular formula is C12H15N3OS2. The molecule has 0 bridgehead atoms. The molecule has 1 heterocycles. The fourth-order valence-electron chi connectivity index (χ4n) is 1.36. The Morgan fingerprint density at radius 1 is 1.28 bits per heavy atom. The summed E-state index contributed by atoms with van der Waals surface area (Å²) in [4.78, 5) is 0. The van der Waals surface area contributed by atoms with E-state index in [1.54, 1.807) is 28.6 Å². The minimum atomic E-state index is 0.568. The van der Waals surface area contributed by atoms with Crippen molar-refractivity contribution in [2.75, 3.05) is 12.4 Å². The van der Waals surface area contributed by atoms with E-state index in [9.17, 15) is 0 Å². The van der Waals surface area contributed by atoms with Gasteiger partial charge in [0.15, 0.2) is 4.34 Å². The molecule has 1 aromatic carbocycles. The van der Waals surface area contributed by atoms with Gasteiger partial charge >= 0.3 is 0 Å². The van der Waals surface area contributed by atoms with Gasteiger partial charge in [-0.3, -0.25) is 0 Å². The van der Waals surface area contributed by atoms with Crippen molar-refractivity contribution >= 4 is 23.1 Å². The number of aromatic nitrogens is 2. The minimum Gasteiger partial charge on any atom is -0.494 e. The zero-order valence-electron chi connectivity index (χ0n) is 9.91. The molecule has 0 aliphatic carbocycles. The summed E-state index contributed by atoms with van der Waals surface area (Å²) in [6.07, 6.45) is 0.989. The van der Waals surface area contributed by atoms with E-state index < -0.39 is 0 Å². The topological polar surface area (TPSA) is 61.0 Å².